The lowest BCUT2D eigenvalue weighted by molar-refractivity contribution is -0.136. The molecule has 1 unspecified atom stereocenters. The topological polar surface area (TPSA) is 87.7 Å². The van der Waals surface area contributed by atoms with Crippen molar-refractivity contribution in [2.24, 2.45) is 0 Å². The van der Waals surface area contributed by atoms with Crippen LogP contribution in [0.15, 0.2) is 59.8 Å². The number of hydrogen-bond donors (Lipinski definition) is 2. The molecule has 0 fully saturated rings. The third-order valence-electron chi connectivity index (χ3n) is 4.82. The number of hydrogen-bond acceptors (Lipinski definition) is 4. The van der Waals surface area contributed by atoms with Crippen molar-refractivity contribution in [3.63, 3.8) is 0 Å². The van der Waals surface area contributed by atoms with Gasteiger partial charge in [-0.05, 0) is 36.2 Å². The number of nitrogens with one attached hydrogen (secondary N) is 2. The molecule has 2 N–H and O–H groups in total. The Morgan fingerprint density at radius 1 is 1.24 bits per heavy atom. The lowest BCUT2D eigenvalue weighted by Gasteiger charge is -2.32. The number of rotatable bonds is 4. The van der Waals surface area contributed by atoms with Gasteiger partial charge in [0.05, 0.1) is 17.3 Å². The summed E-state index contributed by atoms with van der Waals surface area (Å²) in [5, 5.41) is 5.96. The lowest BCUT2D eigenvalue weighted by atomic mass is 9.95. The number of halogens is 1. The van der Waals surface area contributed by atoms with Crippen LogP contribution in [0.4, 0.5) is 10.5 Å². The smallest absolute Gasteiger partial charge is 0.338 e. The normalized spacial score (nSPS) is 18.3. The fourth-order valence-electron chi connectivity index (χ4n) is 3.49. The van der Waals surface area contributed by atoms with Gasteiger partial charge in [-0.1, -0.05) is 41.9 Å². The average molecular weight is 412 g/mol. The highest BCUT2D eigenvalue weighted by atomic mass is 35.5. The van der Waals surface area contributed by atoms with Gasteiger partial charge >= 0.3 is 12.0 Å². The van der Waals surface area contributed by atoms with E-state index in [9.17, 15) is 14.4 Å². The van der Waals surface area contributed by atoms with Crippen molar-refractivity contribution in [2.75, 3.05) is 18.5 Å². The Bertz CT molecular complexity index is 1050. The summed E-state index contributed by atoms with van der Waals surface area (Å²) < 4.78 is 5.16. The number of nitrogens with zero attached hydrogens (tertiary/aromatic N) is 1. The van der Waals surface area contributed by atoms with E-state index in [1.807, 2.05) is 25.1 Å². The molecule has 0 saturated carbocycles. The minimum atomic E-state index is -0.725. The molecule has 2 heterocycles. The van der Waals surface area contributed by atoms with Gasteiger partial charge < -0.3 is 15.4 Å². The van der Waals surface area contributed by atoms with E-state index >= 15 is 0 Å². The van der Waals surface area contributed by atoms with Crippen molar-refractivity contribution in [3.05, 3.63) is 76.0 Å². The maximum Gasteiger partial charge on any atom is 0.338 e. The summed E-state index contributed by atoms with van der Waals surface area (Å²) >= 11 is 6.26. The second-order valence-corrected chi connectivity index (χ2v) is 7.25. The molecule has 2 aliphatic heterocycles. The van der Waals surface area contributed by atoms with E-state index in [0.29, 0.717) is 27.5 Å². The largest absolute Gasteiger partial charge is 0.456 e. The number of amides is 3. The highest BCUT2D eigenvalue weighted by Gasteiger charge is 2.43. The lowest BCUT2D eigenvalue weighted by Crippen LogP contribution is -2.49. The standard InChI is InChI=1S/C21H18ClN3O4/c1-12-5-4-6-13(9-12)23-17(26)10-25-16-11-29-20(27)18(16)19(24-21(25)28)14-7-2-3-8-15(14)22/h2-9,19H,10-11H2,1H3,(H,23,26)(H,24,28). The van der Waals surface area contributed by atoms with Crippen molar-refractivity contribution >= 4 is 35.2 Å². The van der Waals surface area contributed by atoms with Gasteiger partial charge in [-0.15, -0.1) is 0 Å². The van der Waals surface area contributed by atoms with E-state index < -0.39 is 18.0 Å². The molecular weight excluding hydrogens is 394 g/mol. The van der Waals surface area contributed by atoms with E-state index in [-0.39, 0.29) is 19.1 Å². The first-order valence-electron chi connectivity index (χ1n) is 9.03. The molecule has 2 aliphatic rings. The van der Waals surface area contributed by atoms with Gasteiger partial charge in [0, 0.05) is 10.7 Å². The number of benzene rings is 2. The van der Waals surface area contributed by atoms with Crippen LogP contribution in [-0.2, 0) is 14.3 Å². The molecule has 0 spiro atoms. The number of esters is 1. The Kier molecular flexibility index (Phi) is 4.98. The number of carbonyl (C=O) groups excluding carboxylic acids is 3. The summed E-state index contributed by atoms with van der Waals surface area (Å²) in [6.45, 7) is 1.60. The van der Waals surface area contributed by atoms with E-state index in [2.05, 4.69) is 10.6 Å². The highest BCUT2D eigenvalue weighted by molar-refractivity contribution is 6.31. The second-order valence-electron chi connectivity index (χ2n) is 6.84. The molecule has 2 aromatic rings. The van der Waals surface area contributed by atoms with Crippen LogP contribution in [0.1, 0.15) is 17.2 Å². The first-order valence-corrected chi connectivity index (χ1v) is 9.41. The first-order chi connectivity index (χ1) is 13.9. The van der Waals surface area contributed by atoms with Crippen molar-refractivity contribution in [1.82, 2.24) is 10.2 Å². The molecule has 0 bridgehead atoms. The SMILES string of the molecule is Cc1cccc(NC(=O)CN2C(=O)NC(c3ccccc3Cl)C3=C2COC3=O)c1. The number of cyclic esters (lactones) is 1. The van der Waals surface area contributed by atoms with Crippen LogP contribution in [0.5, 0.6) is 0 Å². The van der Waals surface area contributed by atoms with Gasteiger partial charge in [0.15, 0.2) is 0 Å². The van der Waals surface area contributed by atoms with Crippen molar-refractivity contribution in [3.8, 4) is 0 Å². The Morgan fingerprint density at radius 2 is 2.03 bits per heavy atom. The molecule has 29 heavy (non-hydrogen) atoms. The van der Waals surface area contributed by atoms with Crippen molar-refractivity contribution in [2.45, 2.75) is 13.0 Å². The van der Waals surface area contributed by atoms with E-state index in [4.69, 9.17) is 16.3 Å². The molecule has 0 aliphatic carbocycles. The zero-order chi connectivity index (χ0) is 20.5. The Balaban J connectivity index is 1.61. The number of anilines is 1. The summed E-state index contributed by atoms with van der Waals surface area (Å²) in [6, 6.07) is 13.1. The monoisotopic (exact) mass is 411 g/mol. The zero-order valence-corrected chi connectivity index (χ0v) is 16.3. The van der Waals surface area contributed by atoms with E-state index in [1.54, 1.807) is 30.3 Å². The van der Waals surface area contributed by atoms with Gasteiger partial charge in [0.25, 0.3) is 0 Å². The Labute approximate surface area is 172 Å². The quantitative estimate of drug-likeness (QED) is 0.756. The molecule has 0 radical (unpaired) electrons. The number of ether oxygens (including phenoxy) is 1. The maximum atomic E-state index is 12.8. The van der Waals surface area contributed by atoms with Gasteiger partial charge in [0.2, 0.25) is 5.91 Å². The maximum absolute atomic E-state index is 12.8. The zero-order valence-electron chi connectivity index (χ0n) is 15.6. The molecular formula is C21H18ClN3O4. The number of aryl methyl sites for hydroxylation is 1. The fourth-order valence-corrected chi connectivity index (χ4v) is 3.73. The van der Waals surface area contributed by atoms with Gasteiger partial charge in [0.1, 0.15) is 13.2 Å². The van der Waals surface area contributed by atoms with Crippen LogP contribution in [0.25, 0.3) is 0 Å². The molecule has 8 heteroatoms. The fraction of sp³-hybridized carbons (Fsp3) is 0.190. The summed E-state index contributed by atoms with van der Waals surface area (Å²) in [5.74, 6) is -0.915. The van der Waals surface area contributed by atoms with Crippen LogP contribution in [-0.4, -0.2) is 36.0 Å². The molecule has 2 aromatic carbocycles. The Hall–Kier alpha value is -3.32. The van der Waals surface area contributed by atoms with Crippen LogP contribution in [0, 0.1) is 6.92 Å². The van der Waals surface area contributed by atoms with E-state index in [1.165, 1.54) is 4.90 Å². The molecule has 0 aromatic heterocycles. The number of urea groups is 1. The van der Waals surface area contributed by atoms with E-state index in [0.717, 1.165) is 5.56 Å². The predicted octanol–water partition coefficient (Wildman–Crippen LogP) is 3.16. The Morgan fingerprint density at radius 3 is 2.79 bits per heavy atom. The van der Waals surface area contributed by atoms with Crippen LogP contribution < -0.4 is 10.6 Å². The average Bonchev–Trinajstić information content (AvgIpc) is 3.06. The minimum absolute atomic E-state index is 0.0692. The molecule has 3 amide bonds. The molecule has 148 valence electrons. The summed E-state index contributed by atoms with van der Waals surface area (Å²) in [4.78, 5) is 38.9. The molecule has 7 nitrogen and oxygen atoms in total. The third-order valence-corrected chi connectivity index (χ3v) is 5.16. The van der Waals surface area contributed by atoms with Gasteiger partial charge in [-0.2, -0.15) is 0 Å². The third kappa shape index (κ3) is 3.69. The molecule has 1 atom stereocenters. The summed E-state index contributed by atoms with van der Waals surface area (Å²) in [7, 11) is 0. The summed E-state index contributed by atoms with van der Waals surface area (Å²) in [6.07, 6.45) is 0. The van der Waals surface area contributed by atoms with Crippen molar-refractivity contribution < 1.29 is 19.1 Å². The molecule has 4 rings (SSSR count). The van der Waals surface area contributed by atoms with Gasteiger partial charge in [-0.3, -0.25) is 9.69 Å². The van der Waals surface area contributed by atoms with Crippen molar-refractivity contribution in [1.29, 1.82) is 0 Å². The minimum Gasteiger partial charge on any atom is -0.456 e. The van der Waals surface area contributed by atoms with Gasteiger partial charge in [-0.25, -0.2) is 9.59 Å². The predicted molar refractivity (Wildman–Crippen MR) is 107 cm³/mol. The number of carbonyl (C=O) groups is 3. The summed E-state index contributed by atoms with van der Waals surface area (Å²) in [5.41, 5.74) is 2.90. The van der Waals surface area contributed by atoms with Crippen LogP contribution >= 0.6 is 11.6 Å². The van der Waals surface area contributed by atoms with Crippen LogP contribution in [0.3, 0.4) is 0 Å². The second kappa shape index (κ2) is 7.60. The van der Waals surface area contributed by atoms with Crippen LogP contribution in [0.2, 0.25) is 5.02 Å². The first kappa shape index (κ1) is 19.0. The highest BCUT2D eigenvalue weighted by Crippen LogP contribution is 2.37. The molecule has 0 saturated heterocycles.